The lowest BCUT2D eigenvalue weighted by atomic mass is 9.73. The molecule has 1 aliphatic heterocycles. The number of hydrogen-bond donors (Lipinski definition) is 1. The molecule has 2 aliphatic rings. The van der Waals surface area contributed by atoms with Crippen molar-refractivity contribution in [2.24, 2.45) is 23.7 Å². The third kappa shape index (κ3) is 4.69. The lowest BCUT2D eigenvalue weighted by Crippen LogP contribution is -2.51. The van der Waals surface area contributed by atoms with Crippen molar-refractivity contribution in [3.8, 4) is 0 Å². The summed E-state index contributed by atoms with van der Waals surface area (Å²) in [6, 6.07) is 1.43. The highest BCUT2D eigenvalue weighted by Crippen LogP contribution is 2.34. The lowest BCUT2D eigenvalue weighted by molar-refractivity contribution is 0.118. The van der Waals surface area contributed by atoms with Crippen LogP contribution in [-0.2, 0) is 0 Å². The summed E-state index contributed by atoms with van der Waals surface area (Å²) >= 11 is 0. The molecule has 0 aromatic carbocycles. The van der Waals surface area contributed by atoms with Crippen LogP contribution in [0.5, 0.6) is 0 Å². The molecule has 124 valence electrons. The second kappa shape index (κ2) is 7.97. The van der Waals surface area contributed by atoms with Gasteiger partial charge in [0.15, 0.2) is 0 Å². The summed E-state index contributed by atoms with van der Waals surface area (Å²) in [6.07, 6.45) is 7.05. The molecule has 2 rings (SSSR count). The molecular weight excluding hydrogens is 256 g/mol. The highest BCUT2D eigenvalue weighted by Gasteiger charge is 2.33. The monoisotopic (exact) mass is 294 g/mol. The van der Waals surface area contributed by atoms with Crippen molar-refractivity contribution in [1.29, 1.82) is 0 Å². The molecule has 0 bridgehead atoms. The van der Waals surface area contributed by atoms with Crippen molar-refractivity contribution in [2.45, 2.75) is 78.8 Å². The number of nitrogens with zero attached hydrogens (tertiary/aromatic N) is 1. The zero-order chi connectivity index (χ0) is 15.4. The van der Waals surface area contributed by atoms with E-state index in [1.807, 2.05) is 0 Å². The van der Waals surface area contributed by atoms with E-state index in [4.69, 9.17) is 0 Å². The van der Waals surface area contributed by atoms with Crippen molar-refractivity contribution < 1.29 is 0 Å². The Morgan fingerprint density at radius 1 is 1.14 bits per heavy atom. The maximum atomic E-state index is 4.07. The van der Waals surface area contributed by atoms with Crippen LogP contribution >= 0.6 is 0 Å². The molecule has 2 fully saturated rings. The summed E-state index contributed by atoms with van der Waals surface area (Å²) in [5.41, 5.74) is 0. The number of hydrogen-bond acceptors (Lipinski definition) is 2. The molecule has 2 heteroatoms. The molecule has 21 heavy (non-hydrogen) atoms. The highest BCUT2D eigenvalue weighted by molar-refractivity contribution is 4.89. The Morgan fingerprint density at radius 3 is 2.57 bits per heavy atom. The molecule has 5 unspecified atom stereocenters. The Morgan fingerprint density at radius 2 is 1.90 bits per heavy atom. The molecule has 1 heterocycles. The van der Waals surface area contributed by atoms with Crippen molar-refractivity contribution in [3.63, 3.8) is 0 Å². The second-order valence-electron chi connectivity index (χ2n) is 8.18. The van der Waals surface area contributed by atoms with E-state index in [9.17, 15) is 0 Å². The van der Waals surface area contributed by atoms with Gasteiger partial charge in [0.05, 0.1) is 0 Å². The van der Waals surface area contributed by atoms with Gasteiger partial charge in [0.25, 0.3) is 0 Å². The third-order valence-electron chi connectivity index (χ3n) is 6.20. The number of piperidine rings is 1. The van der Waals surface area contributed by atoms with Gasteiger partial charge in [-0.25, -0.2) is 0 Å². The molecule has 0 amide bonds. The molecular formula is C19H38N2. The zero-order valence-corrected chi connectivity index (χ0v) is 15.1. The molecule has 2 nitrogen and oxygen atoms in total. The summed E-state index contributed by atoms with van der Waals surface area (Å²) in [5.74, 6) is 3.46. The average molecular weight is 295 g/mol. The van der Waals surface area contributed by atoms with E-state index < -0.39 is 0 Å². The van der Waals surface area contributed by atoms with Gasteiger partial charge in [-0.15, -0.1) is 0 Å². The van der Waals surface area contributed by atoms with Gasteiger partial charge >= 0.3 is 0 Å². The van der Waals surface area contributed by atoms with E-state index in [2.05, 4.69) is 44.8 Å². The first-order valence-electron chi connectivity index (χ1n) is 9.49. The van der Waals surface area contributed by atoms with Crippen LogP contribution < -0.4 is 5.32 Å². The number of rotatable bonds is 5. The minimum Gasteiger partial charge on any atom is -0.311 e. The number of nitrogens with one attached hydrogen (secondary N) is 1. The van der Waals surface area contributed by atoms with Crippen molar-refractivity contribution in [1.82, 2.24) is 10.2 Å². The molecule has 0 spiro atoms. The van der Waals surface area contributed by atoms with E-state index in [1.54, 1.807) is 0 Å². The maximum absolute atomic E-state index is 4.07. The fraction of sp³-hybridized carbons (Fsp3) is 1.00. The summed E-state index contributed by atoms with van der Waals surface area (Å²) in [4.78, 5) is 2.63. The van der Waals surface area contributed by atoms with Gasteiger partial charge in [-0.05, 0) is 69.4 Å². The van der Waals surface area contributed by atoms with Crippen molar-refractivity contribution in [2.75, 3.05) is 19.6 Å². The smallest absolute Gasteiger partial charge is 0.0103 e. The van der Waals surface area contributed by atoms with Gasteiger partial charge in [0.1, 0.15) is 0 Å². The molecule has 1 saturated carbocycles. The SMILES string of the molecule is CCN1CCCC(C(C)NC2CC(C)CCC2C(C)C)C1. The predicted octanol–water partition coefficient (Wildman–Crippen LogP) is 4.16. The molecule has 1 aliphatic carbocycles. The van der Waals surface area contributed by atoms with E-state index in [-0.39, 0.29) is 0 Å². The molecule has 0 aromatic rings. The van der Waals surface area contributed by atoms with Gasteiger partial charge < -0.3 is 10.2 Å². The second-order valence-corrected chi connectivity index (χ2v) is 8.18. The van der Waals surface area contributed by atoms with Crippen LogP contribution in [0.25, 0.3) is 0 Å². The van der Waals surface area contributed by atoms with Gasteiger partial charge in [0, 0.05) is 18.6 Å². The maximum Gasteiger partial charge on any atom is 0.0103 e. The summed E-state index contributed by atoms with van der Waals surface area (Å²) in [7, 11) is 0. The van der Waals surface area contributed by atoms with Crippen LogP contribution in [-0.4, -0.2) is 36.6 Å². The van der Waals surface area contributed by atoms with Crippen molar-refractivity contribution >= 4 is 0 Å². The lowest BCUT2D eigenvalue weighted by Gasteiger charge is -2.42. The van der Waals surface area contributed by atoms with E-state index in [1.165, 1.54) is 51.7 Å². The Hall–Kier alpha value is -0.0800. The third-order valence-corrected chi connectivity index (χ3v) is 6.20. The normalized spacial score (nSPS) is 36.9. The quantitative estimate of drug-likeness (QED) is 0.819. The average Bonchev–Trinajstić information content (AvgIpc) is 2.47. The Kier molecular flexibility index (Phi) is 6.55. The molecule has 0 radical (unpaired) electrons. The molecule has 1 N–H and O–H groups in total. The molecule has 1 saturated heterocycles. The van der Waals surface area contributed by atoms with E-state index in [0.717, 1.165) is 29.7 Å². The Bertz CT molecular complexity index is 302. The first-order valence-corrected chi connectivity index (χ1v) is 9.49. The van der Waals surface area contributed by atoms with Gasteiger partial charge in [0.2, 0.25) is 0 Å². The predicted molar refractivity (Wildman–Crippen MR) is 92.6 cm³/mol. The fourth-order valence-electron chi connectivity index (χ4n) is 4.65. The van der Waals surface area contributed by atoms with Gasteiger partial charge in [-0.1, -0.05) is 34.1 Å². The van der Waals surface area contributed by atoms with Gasteiger partial charge in [-0.2, -0.15) is 0 Å². The van der Waals surface area contributed by atoms with Gasteiger partial charge in [-0.3, -0.25) is 0 Å². The minimum absolute atomic E-state index is 0.677. The molecule has 5 atom stereocenters. The summed E-state index contributed by atoms with van der Waals surface area (Å²) in [6.45, 7) is 15.9. The Labute approximate surface area is 133 Å². The van der Waals surface area contributed by atoms with Crippen LogP contribution in [0, 0.1) is 23.7 Å². The van der Waals surface area contributed by atoms with Crippen molar-refractivity contribution in [3.05, 3.63) is 0 Å². The summed E-state index contributed by atoms with van der Waals surface area (Å²) in [5, 5.41) is 4.07. The van der Waals surface area contributed by atoms with Crippen LogP contribution in [0.1, 0.15) is 66.7 Å². The van der Waals surface area contributed by atoms with Crippen LogP contribution in [0.4, 0.5) is 0 Å². The fourth-order valence-corrected chi connectivity index (χ4v) is 4.65. The van der Waals surface area contributed by atoms with Crippen LogP contribution in [0.2, 0.25) is 0 Å². The molecule has 0 aromatic heterocycles. The largest absolute Gasteiger partial charge is 0.311 e. The highest BCUT2D eigenvalue weighted by atomic mass is 15.1. The van der Waals surface area contributed by atoms with Crippen LogP contribution in [0.3, 0.4) is 0 Å². The Balaban J connectivity index is 1.91. The van der Waals surface area contributed by atoms with E-state index in [0.29, 0.717) is 6.04 Å². The summed E-state index contributed by atoms with van der Waals surface area (Å²) < 4.78 is 0. The standard InChI is InChI=1S/C19H38N2/c1-6-21-11-7-8-17(13-21)16(5)20-19-12-15(4)9-10-18(19)14(2)3/h14-20H,6-13H2,1-5H3. The van der Waals surface area contributed by atoms with Crippen LogP contribution in [0.15, 0.2) is 0 Å². The topological polar surface area (TPSA) is 15.3 Å². The number of likely N-dealkylation sites (tertiary alicyclic amines) is 1. The minimum atomic E-state index is 0.677. The zero-order valence-electron chi connectivity index (χ0n) is 15.1. The van der Waals surface area contributed by atoms with E-state index >= 15 is 0 Å². The first-order chi connectivity index (χ1) is 10.0. The first kappa shape index (κ1) is 17.3.